The molecule has 98 valence electrons. The third-order valence-corrected chi connectivity index (χ3v) is 3.77. The van der Waals surface area contributed by atoms with E-state index in [-0.39, 0.29) is 0 Å². The molecule has 4 nitrogen and oxygen atoms in total. The van der Waals surface area contributed by atoms with Crippen molar-refractivity contribution >= 4 is 11.3 Å². The molecule has 18 heavy (non-hydrogen) atoms. The minimum Gasteiger partial charge on any atom is -0.311 e. The Morgan fingerprint density at radius 3 is 2.94 bits per heavy atom. The predicted octanol–water partition coefficient (Wildman–Crippen LogP) is 2.61. The summed E-state index contributed by atoms with van der Waals surface area (Å²) in [6.07, 6.45) is 6.20. The summed E-state index contributed by atoms with van der Waals surface area (Å²) >= 11 is 1.75. The van der Waals surface area contributed by atoms with Gasteiger partial charge in [0.05, 0.1) is 10.6 Å². The molecule has 0 spiro atoms. The van der Waals surface area contributed by atoms with Crippen molar-refractivity contribution in [2.45, 2.75) is 33.2 Å². The number of aromatic nitrogens is 3. The van der Waals surface area contributed by atoms with Gasteiger partial charge in [-0.05, 0) is 13.0 Å². The van der Waals surface area contributed by atoms with E-state index in [1.165, 1.54) is 16.1 Å². The fourth-order valence-electron chi connectivity index (χ4n) is 1.91. The summed E-state index contributed by atoms with van der Waals surface area (Å²) in [7, 11) is 1.98. The first-order valence-electron chi connectivity index (χ1n) is 6.42. The Bertz CT molecular complexity index is 501. The summed E-state index contributed by atoms with van der Waals surface area (Å²) in [5.41, 5.74) is 2.42. The van der Waals surface area contributed by atoms with Crippen LogP contribution in [0.2, 0.25) is 0 Å². The first-order valence-corrected chi connectivity index (χ1v) is 7.24. The van der Waals surface area contributed by atoms with E-state index in [4.69, 9.17) is 0 Å². The lowest BCUT2D eigenvalue weighted by Gasteiger charge is -1.97. The lowest BCUT2D eigenvalue weighted by Crippen LogP contribution is -2.11. The second-order valence-electron chi connectivity index (χ2n) is 4.31. The number of rotatable bonds is 6. The zero-order valence-electron chi connectivity index (χ0n) is 11.2. The van der Waals surface area contributed by atoms with Crippen molar-refractivity contribution in [3.05, 3.63) is 23.1 Å². The summed E-state index contributed by atoms with van der Waals surface area (Å²) in [4.78, 5) is 5.68. The number of thiazole rings is 1. The molecule has 0 fully saturated rings. The largest absolute Gasteiger partial charge is 0.311 e. The molecule has 2 aromatic rings. The van der Waals surface area contributed by atoms with Crippen LogP contribution in [-0.4, -0.2) is 21.3 Å². The molecule has 1 N–H and O–H groups in total. The fraction of sp³-hybridized carbons (Fsp3) is 0.538. The Hall–Kier alpha value is -1.20. The number of nitrogens with one attached hydrogen (secondary N) is 1. The van der Waals surface area contributed by atoms with Crippen LogP contribution in [0.25, 0.3) is 10.4 Å². The molecular weight excluding hydrogens is 244 g/mol. The molecule has 0 bridgehead atoms. The van der Waals surface area contributed by atoms with E-state index in [9.17, 15) is 0 Å². The summed E-state index contributed by atoms with van der Waals surface area (Å²) in [5, 5.41) is 8.97. The lowest BCUT2D eigenvalue weighted by molar-refractivity contribution is 0.722. The van der Waals surface area contributed by atoms with Crippen molar-refractivity contribution < 1.29 is 0 Å². The van der Waals surface area contributed by atoms with Crippen LogP contribution in [0.3, 0.4) is 0 Å². The SMILES string of the molecule is CCCc1nn(C)cc1-c1cnc(CNCC)s1. The number of hydrogen-bond donors (Lipinski definition) is 1. The zero-order chi connectivity index (χ0) is 13.0. The van der Waals surface area contributed by atoms with Gasteiger partial charge in [-0.1, -0.05) is 20.3 Å². The van der Waals surface area contributed by atoms with Crippen LogP contribution >= 0.6 is 11.3 Å². The maximum atomic E-state index is 4.53. The average Bonchev–Trinajstić information content (AvgIpc) is 2.94. The van der Waals surface area contributed by atoms with Crippen LogP contribution in [0.4, 0.5) is 0 Å². The molecule has 0 aromatic carbocycles. The van der Waals surface area contributed by atoms with Gasteiger partial charge in [0.15, 0.2) is 0 Å². The second-order valence-corrected chi connectivity index (χ2v) is 5.43. The fourth-order valence-corrected chi connectivity index (χ4v) is 2.83. The van der Waals surface area contributed by atoms with Crippen molar-refractivity contribution in [3.8, 4) is 10.4 Å². The van der Waals surface area contributed by atoms with Crippen LogP contribution in [0.5, 0.6) is 0 Å². The van der Waals surface area contributed by atoms with Gasteiger partial charge >= 0.3 is 0 Å². The first-order chi connectivity index (χ1) is 8.74. The lowest BCUT2D eigenvalue weighted by atomic mass is 10.1. The zero-order valence-corrected chi connectivity index (χ0v) is 12.0. The molecule has 2 heterocycles. The van der Waals surface area contributed by atoms with Gasteiger partial charge in [-0.25, -0.2) is 4.98 Å². The van der Waals surface area contributed by atoms with E-state index in [1.54, 1.807) is 11.3 Å². The smallest absolute Gasteiger partial charge is 0.107 e. The molecule has 0 unspecified atom stereocenters. The molecule has 2 rings (SSSR count). The van der Waals surface area contributed by atoms with Gasteiger partial charge in [-0.3, -0.25) is 4.68 Å². The Labute approximate surface area is 112 Å². The van der Waals surface area contributed by atoms with E-state index in [0.29, 0.717) is 0 Å². The van der Waals surface area contributed by atoms with Gasteiger partial charge < -0.3 is 5.32 Å². The number of hydrogen-bond acceptors (Lipinski definition) is 4. The third kappa shape index (κ3) is 2.97. The quantitative estimate of drug-likeness (QED) is 0.872. The van der Waals surface area contributed by atoms with Crippen molar-refractivity contribution in [2.75, 3.05) is 6.54 Å². The Kier molecular flexibility index (Phi) is 4.49. The van der Waals surface area contributed by atoms with Crippen molar-refractivity contribution in [1.82, 2.24) is 20.1 Å². The van der Waals surface area contributed by atoms with Gasteiger partial charge in [-0.15, -0.1) is 11.3 Å². The molecule has 0 aliphatic heterocycles. The van der Waals surface area contributed by atoms with E-state index in [0.717, 1.165) is 30.9 Å². The number of aryl methyl sites for hydroxylation is 2. The van der Waals surface area contributed by atoms with E-state index >= 15 is 0 Å². The molecular formula is C13H20N4S. The molecule has 0 aliphatic rings. The highest BCUT2D eigenvalue weighted by molar-refractivity contribution is 7.15. The highest BCUT2D eigenvalue weighted by Gasteiger charge is 2.12. The van der Waals surface area contributed by atoms with Gasteiger partial charge in [0.25, 0.3) is 0 Å². The van der Waals surface area contributed by atoms with E-state index in [2.05, 4.69) is 35.4 Å². The molecule has 0 saturated carbocycles. The molecule has 0 aliphatic carbocycles. The van der Waals surface area contributed by atoms with Gasteiger partial charge in [0.1, 0.15) is 5.01 Å². The minimum absolute atomic E-state index is 0.852. The van der Waals surface area contributed by atoms with Gasteiger partial charge in [0, 0.05) is 31.5 Å². The highest BCUT2D eigenvalue weighted by Crippen LogP contribution is 2.29. The highest BCUT2D eigenvalue weighted by atomic mass is 32.1. The third-order valence-electron chi connectivity index (χ3n) is 2.74. The molecule has 5 heteroatoms. The van der Waals surface area contributed by atoms with Crippen LogP contribution in [0.15, 0.2) is 12.4 Å². The normalized spacial score (nSPS) is 11.1. The van der Waals surface area contributed by atoms with E-state index < -0.39 is 0 Å². The summed E-state index contributed by atoms with van der Waals surface area (Å²) < 4.78 is 1.89. The second kappa shape index (κ2) is 6.11. The molecule has 0 radical (unpaired) electrons. The molecule has 0 amide bonds. The number of nitrogens with zero attached hydrogens (tertiary/aromatic N) is 3. The monoisotopic (exact) mass is 264 g/mol. The van der Waals surface area contributed by atoms with Crippen LogP contribution < -0.4 is 5.32 Å². The standard InChI is InChI=1S/C13H20N4S/c1-4-6-11-10(9-17(3)16-11)12-7-15-13(18-12)8-14-5-2/h7,9,14H,4-6,8H2,1-3H3. The van der Waals surface area contributed by atoms with Crippen molar-refractivity contribution in [3.63, 3.8) is 0 Å². The van der Waals surface area contributed by atoms with Crippen LogP contribution in [-0.2, 0) is 20.0 Å². The summed E-state index contributed by atoms with van der Waals surface area (Å²) in [5.74, 6) is 0. The maximum Gasteiger partial charge on any atom is 0.107 e. The Morgan fingerprint density at radius 2 is 2.22 bits per heavy atom. The molecule has 2 aromatic heterocycles. The predicted molar refractivity (Wildman–Crippen MR) is 75.7 cm³/mol. The minimum atomic E-state index is 0.852. The summed E-state index contributed by atoms with van der Waals surface area (Å²) in [6, 6.07) is 0. The first kappa shape index (κ1) is 13.2. The van der Waals surface area contributed by atoms with Gasteiger partial charge in [-0.2, -0.15) is 5.10 Å². The Morgan fingerprint density at radius 1 is 1.39 bits per heavy atom. The topological polar surface area (TPSA) is 42.7 Å². The Balaban J connectivity index is 2.22. The van der Waals surface area contributed by atoms with Crippen LogP contribution in [0.1, 0.15) is 31.0 Å². The van der Waals surface area contributed by atoms with Crippen LogP contribution in [0, 0.1) is 0 Å². The van der Waals surface area contributed by atoms with Crippen molar-refractivity contribution in [1.29, 1.82) is 0 Å². The molecule has 0 saturated heterocycles. The maximum absolute atomic E-state index is 4.53. The average molecular weight is 264 g/mol. The van der Waals surface area contributed by atoms with Crippen molar-refractivity contribution in [2.24, 2.45) is 7.05 Å². The molecule has 0 atom stereocenters. The summed E-state index contributed by atoms with van der Waals surface area (Å²) in [6.45, 7) is 6.12. The van der Waals surface area contributed by atoms with Gasteiger partial charge in [0.2, 0.25) is 0 Å². The van der Waals surface area contributed by atoms with E-state index in [1.807, 2.05) is 17.9 Å².